The van der Waals surface area contributed by atoms with E-state index >= 15 is 0 Å². The van der Waals surface area contributed by atoms with E-state index in [2.05, 4.69) is 10.6 Å². The molecule has 2 amide bonds. The van der Waals surface area contributed by atoms with E-state index in [0.717, 1.165) is 12.1 Å². The van der Waals surface area contributed by atoms with E-state index in [-0.39, 0.29) is 12.1 Å². The van der Waals surface area contributed by atoms with Gasteiger partial charge in [-0.05, 0) is 24.3 Å². The number of para-hydroxylation sites is 2. The minimum atomic E-state index is -1.02. The van der Waals surface area contributed by atoms with Gasteiger partial charge in [-0.3, -0.25) is 9.59 Å². The van der Waals surface area contributed by atoms with Gasteiger partial charge in [-0.2, -0.15) is 0 Å². The van der Waals surface area contributed by atoms with Gasteiger partial charge in [-0.25, -0.2) is 8.78 Å². The van der Waals surface area contributed by atoms with Crippen LogP contribution in [0.4, 0.5) is 20.2 Å². The maximum Gasteiger partial charge on any atom is 0.266 e. The fraction of sp³-hybridized carbons (Fsp3) is 0.125. The molecule has 23 heavy (non-hydrogen) atoms. The molecule has 0 radical (unpaired) electrons. The van der Waals surface area contributed by atoms with Gasteiger partial charge in [0.25, 0.3) is 5.91 Å². The number of halogens is 2. The van der Waals surface area contributed by atoms with Crippen molar-refractivity contribution in [3.8, 4) is 5.75 Å². The van der Waals surface area contributed by atoms with Crippen LogP contribution in [0, 0.1) is 11.6 Å². The van der Waals surface area contributed by atoms with Crippen molar-refractivity contribution in [1.82, 2.24) is 0 Å². The molecule has 3 rings (SSSR count). The van der Waals surface area contributed by atoms with E-state index in [0.29, 0.717) is 17.5 Å². The molecule has 0 unspecified atom stereocenters. The Labute approximate surface area is 130 Å². The Balaban J connectivity index is 1.67. The molecular weight excluding hydrogens is 306 g/mol. The zero-order valence-corrected chi connectivity index (χ0v) is 11.8. The third kappa shape index (κ3) is 3.28. The van der Waals surface area contributed by atoms with Crippen LogP contribution in [0.3, 0.4) is 0 Å². The van der Waals surface area contributed by atoms with Crippen molar-refractivity contribution in [2.45, 2.75) is 12.5 Å². The lowest BCUT2D eigenvalue weighted by Gasteiger charge is -2.25. The van der Waals surface area contributed by atoms with Crippen LogP contribution in [0.1, 0.15) is 6.42 Å². The molecule has 0 bridgehead atoms. The van der Waals surface area contributed by atoms with Crippen molar-refractivity contribution < 1.29 is 23.1 Å². The van der Waals surface area contributed by atoms with Gasteiger partial charge in [0.15, 0.2) is 6.10 Å². The van der Waals surface area contributed by atoms with Gasteiger partial charge in [-0.15, -0.1) is 0 Å². The number of nitrogens with one attached hydrogen (secondary N) is 2. The first-order valence-electron chi connectivity index (χ1n) is 6.84. The van der Waals surface area contributed by atoms with Crippen LogP contribution in [-0.2, 0) is 9.59 Å². The molecule has 1 heterocycles. The highest BCUT2D eigenvalue weighted by atomic mass is 19.1. The molecular formula is C16H12F2N2O3. The van der Waals surface area contributed by atoms with E-state index in [1.807, 2.05) is 0 Å². The highest BCUT2D eigenvalue weighted by molar-refractivity contribution is 6.01. The Morgan fingerprint density at radius 3 is 2.78 bits per heavy atom. The molecule has 1 aliphatic heterocycles. The summed E-state index contributed by atoms with van der Waals surface area (Å²) in [7, 11) is 0. The van der Waals surface area contributed by atoms with E-state index in [1.54, 1.807) is 24.3 Å². The van der Waals surface area contributed by atoms with Crippen molar-refractivity contribution in [3.63, 3.8) is 0 Å². The lowest BCUT2D eigenvalue weighted by Crippen LogP contribution is -2.39. The first-order valence-corrected chi connectivity index (χ1v) is 6.84. The van der Waals surface area contributed by atoms with Crippen molar-refractivity contribution in [2.24, 2.45) is 0 Å². The lowest BCUT2D eigenvalue weighted by molar-refractivity contribution is -0.128. The number of amides is 2. The molecule has 0 saturated carbocycles. The van der Waals surface area contributed by atoms with Crippen LogP contribution < -0.4 is 15.4 Å². The summed E-state index contributed by atoms with van der Waals surface area (Å²) in [6.07, 6.45) is -1.31. The van der Waals surface area contributed by atoms with E-state index in [9.17, 15) is 18.4 Å². The summed E-state index contributed by atoms with van der Waals surface area (Å²) >= 11 is 0. The van der Waals surface area contributed by atoms with Gasteiger partial charge in [0.05, 0.1) is 17.8 Å². The second-order valence-electron chi connectivity index (χ2n) is 4.97. The molecule has 1 aliphatic rings. The average Bonchev–Trinajstić information content (AvgIpc) is 2.51. The minimum absolute atomic E-state index is 0.159. The number of fused-ring (bicyclic) bond motifs is 1. The molecule has 0 saturated heterocycles. The molecule has 5 nitrogen and oxygen atoms in total. The second kappa shape index (κ2) is 6.04. The maximum atomic E-state index is 13.5. The monoisotopic (exact) mass is 318 g/mol. The summed E-state index contributed by atoms with van der Waals surface area (Å²) in [6, 6.07) is 9.62. The van der Waals surface area contributed by atoms with Gasteiger partial charge >= 0.3 is 0 Å². The molecule has 2 N–H and O–H groups in total. The Hall–Kier alpha value is -2.96. The van der Waals surface area contributed by atoms with Crippen molar-refractivity contribution in [1.29, 1.82) is 0 Å². The highest BCUT2D eigenvalue weighted by Gasteiger charge is 2.29. The van der Waals surface area contributed by atoms with Gasteiger partial charge in [0.2, 0.25) is 5.91 Å². The molecule has 2 aromatic carbocycles. The van der Waals surface area contributed by atoms with Crippen LogP contribution in [0.5, 0.6) is 5.75 Å². The number of anilines is 2. The Bertz CT molecular complexity index is 780. The lowest BCUT2D eigenvalue weighted by atomic mass is 10.1. The van der Waals surface area contributed by atoms with Gasteiger partial charge in [-0.1, -0.05) is 12.1 Å². The van der Waals surface area contributed by atoms with Crippen LogP contribution >= 0.6 is 0 Å². The quantitative estimate of drug-likeness (QED) is 0.914. The average molecular weight is 318 g/mol. The SMILES string of the molecule is O=C(C[C@H]1Oc2ccccc2NC1=O)Nc1ccc(F)cc1F. The standard InChI is InChI=1S/C16H12F2N2O3/c17-9-5-6-11(10(18)7-9)19-15(21)8-14-16(22)20-12-3-1-2-4-13(12)23-14/h1-7,14H,8H2,(H,19,21)(H,20,22)/t14-/m1/s1. The van der Waals surface area contributed by atoms with E-state index in [1.165, 1.54) is 0 Å². The van der Waals surface area contributed by atoms with Crippen LogP contribution in [0.15, 0.2) is 42.5 Å². The summed E-state index contributed by atoms with van der Waals surface area (Å²) in [5.41, 5.74) is 0.367. The van der Waals surface area contributed by atoms with E-state index < -0.39 is 29.6 Å². The molecule has 0 fully saturated rings. The first-order chi connectivity index (χ1) is 11.0. The number of hydrogen-bond acceptors (Lipinski definition) is 3. The smallest absolute Gasteiger partial charge is 0.266 e. The molecule has 0 aromatic heterocycles. The van der Waals surface area contributed by atoms with Crippen LogP contribution in [0.2, 0.25) is 0 Å². The largest absolute Gasteiger partial charge is 0.478 e. The van der Waals surface area contributed by atoms with E-state index in [4.69, 9.17) is 4.74 Å². The second-order valence-corrected chi connectivity index (χ2v) is 4.97. The number of carbonyl (C=O) groups is 2. The van der Waals surface area contributed by atoms with Gasteiger partial charge in [0.1, 0.15) is 17.4 Å². The molecule has 1 atom stereocenters. The zero-order valence-electron chi connectivity index (χ0n) is 11.8. The number of hydrogen-bond donors (Lipinski definition) is 2. The highest BCUT2D eigenvalue weighted by Crippen LogP contribution is 2.29. The molecule has 0 aliphatic carbocycles. The topological polar surface area (TPSA) is 67.4 Å². The number of benzene rings is 2. The van der Waals surface area contributed by atoms with Crippen molar-refractivity contribution in [3.05, 3.63) is 54.1 Å². The summed E-state index contributed by atoms with van der Waals surface area (Å²) in [6.45, 7) is 0. The normalized spacial score (nSPS) is 16.1. The number of rotatable bonds is 3. The predicted octanol–water partition coefficient (Wildman–Crippen LogP) is 2.69. The van der Waals surface area contributed by atoms with Crippen LogP contribution in [-0.4, -0.2) is 17.9 Å². The summed E-state index contributed by atoms with van der Waals surface area (Å²) in [5.74, 6) is -2.25. The predicted molar refractivity (Wildman–Crippen MR) is 79.1 cm³/mol. The third-order valence-electron chi connectivity index (χ3n) is 3.28. The molecule has 118 valence electrons. The Kier molecular flexibility index (Phi) is 3.92. The summed E-state index contributed by atoms with van der Waals surface area (Å²) in [5, 5.41) is 4.92. The van der Waals surface area contributed by atoms with Gasteiger partial charge < -0.3 is 15.4 Å². The maximum absolute atomic E-state index is 13.5. The molecule has 7 heteroatoms. The summed E-state index contributed by atoms with van der Waals surface area (Å²) < 4.78 is 31.8. The minimum Gasteiger partial charge on any atom is -0.478 e. The Morgan fingerprint density at radius 1 is 1.22 bits per heavy atom. The number of ether oxygens (including phenoxy) is 1. The van der Waals surface area contributed by atoms with Crippen molar-refractivity contribution >= 4 is 23.2 Å². The van der Waals surface area contributed by atoms with Crippen LogP contribution in [0.25, 0.3) is 0 Å². The number of carbonyl (C=O) groups excluding carboxylic acids is 2. The first kappa shape index (κ1) is 15.0. The zero-order chi connectivity index (χ0) is 16.4. The van der Waals surface area contributed by atoms with Crippen molar-refractivity contribution in [2.75, 3.05) is 10.6 Å². The summed E-state index contributed by atoms with van der Waals surface area (Å²) in [4.78, 5) is 23.9. The fourth-order valence-corrected chi connectivity index (χ4v) is 2.19. The third-order valence-corrected chi connectivity index (χ3v) is 3.28. The molecule has 2 aromatic rings. The fourth-order valence-electron chi connectivity index (χ4n) is 2.19. The molecule has 0 spiro atoms. The van der Waals surface area contributed by atoms with Gasteiger partial charge in [0, 0.05) is 6.07 Å². The Morgan fingerprint density at radius 2 is 2.00 bits per heavy atom.